The van der Waals surface area contributed by atoms with E-state index in [9.17, 15) is 19.5 Å². The summed E-state index contributed by atoms with van der Waals surface area (Å²) in [5, 5.41) is 23.1. The second-order valence-corrected chi connectivity index (χ2v) is 10.2. The highest BCUT2D eigenvalue weighted by molar-refractivity contribution is 7.21. The highest BCUT2D eigenvalue weighted by Gasteiger charge is 2.35. The first-order chi connectivity index (χ1) is 17.4. The van der Waals surface area contributed by atoms with Crippen LogP contribution in [0.3, 0.4) is 0 Å². The predicted molar refractivity (Wildman–Crippen MR) is 143 cm³/mol. The lowest BCUT2D eigenvalue weighted by molar-refractivity contribution is -0.146. The van der Waals surface area contributed by atoms with Gasteiger partial charge in [0.15, 0.2) is 0 Å². The van der Waals surface area contributed by atoms with Gasteiger partial charge in [0.25, 0.3) is 5.56 Å². The molecule has 0 fully saturated rings. The summed E-state index contributed by atoms with van der Waals surface area (Å²) in [4.78, 5) is 39.5. The lowest BCUT2D eigenvalue weighted by Gasteiger charge is -2.23. The zero-order valence-electron chi connectivity index (χ0n) is 21.8. The number of benzene rings is 1. The summed E-state index contributed by atoms with van der Waals surface area (Å²) in [6, 6.07) is 9.27. The Hall–Kier alpha value is -3.70. The van der Waals surface area contributed by atoms with E-state index in [1.165, 1.54) is 29.8 Å². The molecule has 0 spiro atoms. The normalized spacial score (nSPS) is 11.5. The van der Waals surface area contributed by atoms with Gasteiger partial charge >= 0.3 is 11.7 Å². The number of carboxylic acid groups (broad SMARTS) is 1. The summed E-state index contributed by atoms with van der Waals surface area (Å²) in [5.41, 5.74) is -1.47. The lowest BCUT2D eigenvalue weighted by atomic mass is 10.1. The molecule has 0 saturated carbocycles. The van der Waals surface area contributed by atoms with Gasteiger partial charge in [-0.3, -0.25) is 9.36 Å². The minimum Gasteiger partial charge on any atom is -0.496 e. The van der Waals surface area contributed by atoms with E-state index < -0.39 is 22.8 Å². The Balaban J connectivity index is 0.000000886. The van der Waals surface area contributed by atoms with Gasteiger partial charge in [0.05, 0.1) is 12.5 Å². The van der Waals surface area contributed by atoms with Crippen LogP contribution in [0.5, 0.6) is 5.75 Å². The maximum atomic E-state index is 13.6. The number of ether oxygens (including phenoxy) is 1. The van der Waals surface area contributed by atoms with Crippen molar-refractivity contribution < 1.29 is 19.7 Å². The minimum atomic E-state index is -1.73. The Morgan fingerprint density at radius 3 is 2.41 bits per heavy atom. The van der Waals surface area contributed by atoms with Crippen molar-refractivity contribution in [1.29, 1.82) is 0 Å². The third-order valence-corrected chi connectivity index (χ3v) is 7.08. The van der Waals surface area contributed by atoms with Crippen molar-refractivity contribution in [2.24, 2.45) is 0 Å². The summed E-state index contributed by atoms with van der Waals surface area (Å²) in [6.45, 7) is 8.17. The number of methoxy groups -OCH3 is 1. The molecule has 0 atom stereocenters. The van der Waals surface area contributed by atoms with Crippen molar-refractivity contribution in [3.05, 3.63) is 74.7 Å². The number of para-hydroxylation sites is 1. The Bertz CT molecular complexity index is 1510. The third kappa shape index (κ3) is 5.52. The van der Waals surface area contributed by atoms with Crippen molar-refractivity contribution in [3.63, 3.8) is 0 Å². The SMILES string of the molecule is CC(C)O.COc1ccccc1CCn1c(=O)n(C(C)(C)C(=O)O)c(=O)c2c(C)c(-n3cccn3)sc21. The van der Waals surface area contributed by atoms with Crippen LogP contribution in [0.4, 0.5) is 0 Å². The number of nitrogens with zero attached hydrogens (tertiary/aromatic N) is 4. The van der Waals surface area contributed by atoms with E-state index in [1.807, 2.05) is 24.3 Å². The highest BCUT2D eigenvalue weighted by Crippen LogP contribution is 2.31. The number of fused-ring (bicyclic) bond motifs is 1. The van der Waals surface area contributed by atoms with Crippen LogP contribution in [0.15, 0.2) is 52.3 Å². The molecule has 0 aliphatic rings. The van der Waals surface area contributed by atoms with Gasteiger partial charge < -0.3 is 14.9 Å². The zero-order valence-corrected chi connectivity index (χ0v) is 22.6. The molecule has 3 heterocycles. The number of carbonyl (C=O) groups is 1. The van der Waals surface area contributed by atoms with Crippen molar-refractivity contribution in [3.8, 4) is 10.8 Å². The van der Waals surface area contributed by atoms with Crippen LogP contribution in [0, 0.1) is 6.92 Å². The fourth-order valence-corrected chi connectivity index (χ4v) is 5.13. The van der Waals surface area contributed by atoms with Crippen LogP contribution in [-0.2, 0) is 23.3 Å². The number of aliphatic hydroxyl groups excluding tert-OH is 1. The fourth-order valence-electron chi connectivity index (χ4n) is 3.87. The molecule has 37 heavy (non-hydrogen) atoms. The second-order valence-electron chi connectivity index (χ2n) is 9.26. The zero-order chi connectivity index (χ0) is 27.5. The van der Waals surface area contributed by atoms with Gasteiger partial charge in [-0.15, -0.1) is 0 Å². The summed E-state index contributed by atoms with van der Waals surface area (Å²) >= 11 is 1.28. The Morgan fingerprint density at radius 2 is 1.84 bits per heavy atom. The van der Waals surface area contributed by atoms with Gasteiger partial charge in [0.2, 0.25) is 0 Å². The molecule has 0 aliphatic carbocycles. The molecule has 198 valence electrons. The lowest BCUT2D eigenvalue weighted by Crippen LogP contribution is -2.52. The molecule has 1 aromatic carbocycles. The van der Waals surface area contributed by atoms with Gasteiger partial charge in [-0.05, 0) is 58.7 Å². The molecule has 0 saturated heterocycles. The number of aliphatic carboxylic acids is 1. The van der Waals surface area contributed by atoms with Crippen LogP contribution in [0.25, 0.3) is 15.2 Å². The summed E-state index contributed by atoms with van der Waals surface area (Å²) < 4.78 is 9.39. The number of hydrogen-bond acceptors (Lipinski definition) is 7. The summed E-state index contributed by atoms with van der Waals surface area (Å²) in [6.07, 6.45) is 3.68. The average Bonchev–Trinajstić information content (AvgIpc) is 3.47. The Labute approximate surface area is 218 Å². The molecule has 0 unspecified atom stereocenters. The van der Waals surface area contributed by atoms with Crippen molar-refractivity contribution in [2.75, 3.05) is 7.11 Å². The molecule has 0 radical (unpaired) electrons. The van der Waals surface area contributed by atoms with Crippen molar-refractivity contribution >= 4 is 27.5 Å². The second kappa shape index (κ2) is 11.1. The fraction of sp³-hybridized carbons (Fsp3) is 0.385. The van der Waals surface area contributed by atoms with E-state index in [0.29, 0.717) is 33.0 Å². The quantitative estimate of drug-likeness (QED) is 0.377. The Kier molecular flexibility index (Phi) is 8.39. The number of thiophene rings is 1. The number of hydrogen-bond donors (Lipinski definition) is 2. The number of carboxylic acids is 1. The molecule has 3 aromatic heterocycles. The topological polar surface area (TPSA) is 129 Å². The van der Waals surface area contributed by atoms with Gasteiger partial charge in [-0.25, -0.2) is 18.8 Å². The molecule has 10 nitrogen and oxygen atoms in total. The van der Waals surface area contributed by atoms with Crippen LogP contribution in [-0.4, -0.2) is 48.3 Å². The Morgan fingerprint density at radius 1 is 1.19 bits per heavy atom. The molecule has 2 N–H and O–H groups in total. The minimum absolute atomic E-state index is 0.167. The van der Waals surface area contributed by atoms with Crippen LogP contribution < -0.4 is 16.0 Å². The van der Waals surface area contributed by atoms with Gasteiger partial charge in [-0.2, -0.15) is 5.10 Å². The van der Waals surface area contributed by atoms with Gasteiger partial charge in [-0.1, -0.05) is 29.5 Å². The summed E-state index contributed by atoms with van der Waals surface area (Å²) in [5.74, 6) is -0.571. The molecular formula is C26H32N4O6S. The predicted octanol–water partition coefficient (Wildman–Crippen LogP) is 3.18. The first kappa shape index (κ1) is 27.9. The summed E-state index contributed by atoms with van der Waals surface area (Å²) in [7, 11) is 1.58. The first-order valence-corrected chi connectivity index (χ1v) is 12.6. The molecule has 0 amide bonds. The van der Waals surface area contributed by atoms with E-state index in [4.69, 9.17) is 9.84 Å². The smallest absolute Gasteiger partial charge is 0.333 e. The number of aliphatic hydroxyl groups is 1. The van der Waals surface area contributed by atoms with E-state index >= 15 is 0 Å². The standard InChI is InChI=1S/C23H24N4O5S.C3H8O/c1-14-17-18(28)27(23(2,3)21(29)30)22(31)25(13-10-15-8-5-6-9-16(15)32-4)20(17)33-19(14)26-12-7-11-24-26;1-3(2)4/h5-9,11-12H,10,13H2,1-4H3,(H,29,30);3-4H,1-2H3. The van der Waals surface area contributed by atoms with Crippen molar-refractivity contribution in [1.82, 2.24) is 18.9 Å². The maximum Gasteiger partial charge on any atom is 0.333 e. The highest BCUT2D eigenvalue weighted by atomic mass is 32.1. The number of rotatable bonds is 7. The van der Waals surface area contributed by atoms with Gasteiger partial charge in [0.1, 0.15) is 21.1 Å². The number of aromatic nitrogens is 4. The average molecular weight is 529 g/mol. The van der Waals surface area contributed by atoms with E-state index in [0.717, 1.165) is 10.1 Å². The van der Waals surface area contributed by atoms with E-state index in [1.54, 1.807) is 51.0 Å². The third-order valence-electron chi connectivity index (χ3n) is 5.78. The molecule has 4 aromatic rings. The van der Waals surface area contributed by atoms with Crippen LogP contribution in [0.2, 0.25) is 0 Å². The van der Waals surface area contributed by atoms with Crippen molar-refractivity contribution in [2.45, 2.75) is 59.2 Å². The molecular weight excluding hydrogens is 496 g/mol. The van der Waals surface area contributed by atoms with Gasteiger partial charge in [0, 0.05) is 30.6 Å². The first-order valence-electron chi connectivity index (χ1n) is 11.7. The van der Waals surface area contributed by atoms with E-state index in [2.05, 4.69) is 5.10 Å². The monoisotopic (exact) mass is 528 g/mol. The molecule has 4 rings (SSSR count). The molecule has 11 heteroatoms. The molecule has 0 aliphatic heterocycles. The molecule has 0 bridgehead atoms. The maximum absolute atomic E-state index is 13.6. The van der Waals surface area contributed by atoms with Crippen LogP contribution >= 0.6 is 11.3 Å². The van der Waals surface area contributed by atoms with Crippen LogP contribution in [0.1, 0.15) is 38.8 Å². The number of aryl methyl sites for hydroxylation is 3. The largest absolute Gasteiger partial charge is 0.496 e. The van der Waals surface area contributed by atoms with E-state index in [-0.39, 0.29) is 12.6 Å².